The van der Waals surface area contributed by atoms with Gasteiger partial charge in [0, 0.05) is 39.4 Å². The van der Waals surface area contributed by atoms with Gasteiger partial charge in [-0.2, -0.15) is 0 Å². The molecule has 0 heterocycles. The van der Waals surface area contributed by atoms with Crippen LogP contribution in [0.4, 0.5) is 0 Å². The van der Waals surface area contributed by atoms with Crippen molar-refractivity contribution in [3.63, 3.8) is 0 Å². The third-order valence-electron chi connectivity index (χ3n) is 3.32. The third kappa shape index (κ3) is 14.8. The van der Waals surface area contributed by atoms with Gasteiger partial charge in [-0.1, -0.05) is 27.2 Å². The van der Waals surface area contributed by atoms with Crippen molar-refractivity contribution < 1.29 is 4.74 Å². The average molecular weight is 428 g/mol. The zero-order chi connectivity index (χ0) is 15.8. The molecule has 0 aliphatic rings. The Labute approximate surface area is 154 Å². The Hall–Kier alpha value is -0.0800. The Morgan fingerprint density at radius 1 is 1.00 bits per heavy atom. The summed E-state index contributed by atoms with van der Waals surface area (Å²) in [4.78, 5) is 6.98. The lowest BCUT2D eigenvalue weighted by atomic mass is 10.4. The lowest BCUT2D eigenvalue weighted by Gasteiger charge is -2.19. The molecule has 6 heteroatoms. The Morgan fingerprint density at radius 3 is 2.27 bits per heavy atom. The molecule has 0 spiro atoms. The van der Waals surface area contributed by atoms with Gasteiger partial charge >= 0.3 is 0 Å². The first-order chi connectivity index (χ1) is 10.3. The predicted octanol–water partition coefficient (Wildman–Crippen LogP) is 2.71. The van der Waals surface area contributed by atoms with E-state index in [0.29, 0.717) is 0 Å². The van der Waals surface area contributed by atoms with Crippen LogP contribution in [0.15, 0.2) is 4.99 Å². The van der Waals surface area contributed by atoms with Crippen LogP contribution in [0.5, 0.6) is 0 Å². The fourth-order valence-corrected chi connectivity index (χ4v) is 1.92. The van der Waals surface area contributed by atoms with E-state index in [-0.39, 0.29) is 24.0 Å². The Bertz CT molecular complexity index is 248. The van der Waals surface area contributed by atoms with Gasteiger partial charge in [0.1, 0.15) is 0 Å². The first-order valence-electron chi connectivity index (χ1n) is 8.60. The fourth-order valence-electron chi connectivity index (χ4n) is 1.92. The minimum absolute atomic E-state index is 0. The summed E-state index contributed by atoms with van der Waals surface area (Å²) in [5, 5.41) is 6.67. The maximum Gasteiger partial charge on any atom is 0.191 e. The molecule has 0 fully saturated rings. The molecule has 0 bridgehead atoms. The number of rotatable bonds is 13. The van der Waals surface area contributed by atoms with Gasteiger partial charge < -0.3 is 20.3 Å². The highest BCUT2D eigenvalue weighted by Gasteiger charge is 2.00. The summed E-state index contributed by atoms with van der Waals surface area (Å²) >= 11 is 0. The summed E-state index contributed by atoms with van der Waals surface area (Å²) in [6.07, 6.45) is 3.33. The number of halogens is 1. The topological polar surface area (TPSA) is 48.9 Å². The molecule has 5 nitrogen and oxygen atoms in total. The maximum absolute atomic E-state index is 5.54. The Kier molecular flexibility index (Phi) is 20.8. The molecule has 22 heavy (non-hydrogen) atoms. The van der Waals surface area contributed by atoms with Crippen LogP contribution in [0.3, 0.4) is 0 Å². The van der Waals surface area contributed by atoms with E-state index in [1.807, 2.05) is 0 Å². The summed E-state index contributed by atoms with van der Waals surface area (Å²) in [5.41, 5.74) is 0. The highest BCUT2D eigenvalue weighted by atomic mass is 127. The van der Waals surface area contributed by atoms with Crippen molar-refractivity contribution >= 4 is 29.9 Å². The zero-order valence-corrected chi connectivity index (χ0v) is 17.3. The molecule has 0 aromatic carbocycles. The van der Waals surface area contributed by atoms with Crippen molar-refractivity contribution in [3.05, 3.63) is 0 Å². The van der Waals surface area contributed by atoms with E-state index in [1.165, 1.54) is 6.42 Å². The summed E-state index contributed by atoms with van der Waals surface area (Å²) in [5.74, 6) is 0.915. The largest absolute Gasteiger partial charge is 0.381 e. The van der Waals surface area contributed by atoms with E-state index in [4.69, 9.17) is 4.74 Å². The third-order valence-corrected chi connectivity index (χ3v) is 3.32. The Morgan fingerprint density at radius 2 is 1.68 bits per heavy atom. The number of nitrogens with zero attached hydrogens (tertiary/aromatic N) is 2. The molecule has 0 atom stereocenters. The summed E-state index contributed by atoms with van der Waals surface area (Å²) in [6.45, 7) is 16.2. The first-order valence-corrected chi connectivity index (χ1v) is 8.60. The van der Waals surface area contributed by atoms with E-state index in [0.717, 1.165) is 71.3 Å². The van der Waals surface area contributed by atoms with Gasteiger partial charge in [0.15, 0.2) is 5.96 Å². The van der Waals surface area contributed by atoms with Gasteiger partial charge in [0.25, 0.3) is 0 Å². The van der Waals surface area contributed by atoms with Gasteiger partial charge in [-0.15, -0.1) is 24.0 Å². The number of unbranched alkanes of at least 4 members (excludes halogenated alkanes) is 1. The number of aliphatic imine (C=N–C) groups is 1. The monoisotopic (exact) mass is 428 g/mol. The maximum atomic E-state index is 5.54. The second-order valence-corrected chi connectivity index (χ2v) is 5.03. The van der Waals surface area contributed by atoms with Gasteiger partial charge in [0.2, 0.25) is 0 Å². The molecule has 134 valence electrons. The molecule has 0 radical (unpaired) electrons. The molecule has 0 aliphatic heterocycles. The summed E-state index contributed by atoms with van der Waals surface area (Å²) in [7, 11) is 0. The number of hydrogen-bond donors (Lipinski definition) is 2. The fraction of sp³-hybridized carbons (Fsp3) is 0.938. The first kappa shape index (κ1) is 24.2. The van der Waals surface area contributed by atoms with Crippen LogP contribution in [-0.4, -0.2) is 63.3 Å². The van der Waals surface area contributed by atoms with Crippen molar-refractivity contribution in [3.8, 4) is 0 Å². The quantitative estimate of drug-likeness (QED) is 0.205. The predicted molar refractivity (Wildman–Crippen MR) is 108 cm³/mol. The highest BCUT2D eigenvalue weighted by molar-refractivity contribution is 14.0. The minimum atomic E-state index is 0. The van der Waals surface area contributed by atoms with Crippen LogP contribution in [0, 0.1) is 0 Å². The summed E-state index contributed by atoms with van der Waals surface area (Å²) < 4.78 is 5.54. The highest BCUT2D eigenvalue weighted by Crippen LogP contribution is 1.90. The van der Waals surface area contributed by atoms with E-state index in [9.17, 15) is 0 Å². The van der Waals surface area contributed by atoms with E-state index in [2.05, 4.69) is 48.2 Å². The second-order valence-electron chi connectivity index (χ2n) is 5.03. The number of ether oxygens (including phenoxy) is 1. The molecule has 0 aliphatic carbocycles. The van der Waals surface area contributed by atoms with E-state index < -0.39 is 0 Å². The van der Waals surface area contributed by atoms with Crippen LogP contribution in [0.1, 0.15) is 47.0 Å². The summed E-state index contributed by atoms with van der Waals surface area (Å²) in [6, 6.07) is 0. The number of nitrogens with one attached hydrogen (secondary N) is 2. The van der Waals surface area contributed by atoms with Crippen LogP contribution in [0.2, 0.25) is 0 Å². The van der Waals surface area contributed by atoms with E-state index >= 15 is 0 Å². The number of guanidine groups is 1. The molecule has 0 amide bonds. The van der Waals surface area contributed by atoms with Gasteiger partial charge in [-0.25, -0.2) is 0 Å². The van der Waals surface area contributed by atoms with E-state index in [1.54, 1.807) is 0 Å². The van der Waals surface area contributed by atoms with Crippen LogP contribution < -0.4 is 10.6 Å². The molecule has 0 unspecified atom stereocenters. The van der Waals surface area contributed by atoms with Crippen LogP contribution >= 0.6 is 24.0 Å². The molecule has 0 aromatic heterocycles. The van der Waals surface area contributed by atoms with Crippen molar-refractivity contribution in [2.45, 2.75) is 47.0 Å². The van der Waals surface area contributed by atoms with Gasteiger partial charge in [0.05, 0.1) is 0 Å². The molecular weight excluding hydrogens is 391 g/mol. The molecule has 0 rings (SSSR count). The zero-order valence-electron chi connectivity index (χ0n) is 15.0. The molecule has 2 N–H and O–H groups in total. The minimum Gasteiger partial charge on any atom is -0.381 e. The average Bonchev–Trinajstić information content (AvgIpc) is 2.50. The van der Waals surface area contributed by atoms with Crippen LogP contribution in [0.25, 0.3) is 0 Å². The number of likely N-dealkylation sites (N-methyl/N-ethyl adjacent to an activating group) is 1. The SMILES string of the molecule is CCCCOCCCN=C(NCC)NCCN(CC)CC.I. The van der Waals surface area contributed by atoms with Gasteiger partial charge in [-0.05, 0) is 32.9 Å². The lowest BCUT2D eigenvalue weighted by molar-refractivity contribution is 0.130. The smallest absolute Gasteiger partial charge is 0.191 e. The van der Waals surface area contributed by atoms with Crippen molar-refractivity contribution in [2.75, 3.05) is 52.5 Å². The standard InChI is InChI=1S/C16H36N4O.HI/c1-5-9-14-21-15-10-11-18-16(17-6-2)19-12-13-20(7-3)8-4;/h5-15H2,1-4H3,(H2,17,18,19);1H. The lowest BCUT2D eigenvalue weighted by Crippen LogP contribution is -2.41. The van der Waals surface area contributed by atoms with Crippen molar-refractivity contribution in [2.24, 2.45) is 4.99 Å². The van der Waals surface area contributed by atoms with Gasteiger partial charge in [-0.3, -0.25) is 4.99 Å². The molecule has 0 aromatic rings. The molecule has 0 saturated carbocycles. The number of hydrogen-bond acceptors (Lipinski definition) is 3. The van der Waals surface area contributed by atoms with Crippen molar-refractivity contribution in [1.29, 1.82) is 0 Å². The Balaban J connectivity index is 0. The molecular formula is C16H37IN4O. The molecule has 0 saturated heterocycles. The van der Waals surface area contributed by atoms with Crippen molar-refractivity contribution in [1.82, 2.24) is 15.5 Å². The normalized spacial score (nSPS) is 11.4. The van der Waals surface area contributed by atoms with Crippen LogP contribution in [-0.2, 0) is 4.74 Å². The second kappa shape index (κ2) is 19.0.